The zero-order valence-electron chi connectivity index (χ0n) is 22.4. The Morgan fingerprint density at radius 1 is 0.500 bits per heavy atom. The van der Waals surface area contributed by atoms with Crippen molar-refractivity contribution in [3.8, 4) is 0 Å². The van der Waals surface area contributed by atoms with Gasteiger partial charge >= 0.3 is 0 Å². The molecule has 0 aliphatic carbocycles. The lowest BCUT2D eigenvalue weighted by molar-refractivity contribution is -0.323. The first-order valence-electron chi connectivity index (χ1n) is 13.3. The molecule has 0 N–H and O–H groups in total. The lowest BCUT2D eigenvalue weighted by Gasteiger charge is -2.60. The van der Waals surface area contributed by atoms with E-state index in [0.29, 0.717) is 13.2 Å². The molecule has 0 rings (SSSR count). The lowest BCUT2D eigenvalue weighted by atomic mass is 9.63. The van der Waals surface area contributed by atoms with Crippen molar-refractivity contribution >= 4 is 0 Å². The largest absolute Gasteiger partial charge is 0.372 e. The second kappa shape index (κ2) is 14.1. The van der Waals surface area contributed by atoms with Gasteiger partial charge in [-0.05, 0) is 65.2 Å². The van der Waals surface area contributed by atoms with E-state index in [1.54, 1.807) is 0 Å². The highest BCUT2D eigenvalue weighted by atomic mass is 16.6. The molecule has 0 radical (unpaired) electrons. The van der Waals surface area contributed by atoms with Crippen molar-refractivity contribution < 1.29 is 14.2 Å². The second-order valence-corrected chi connectivity index (χ2v) is 8.90. The summed E-state index contributed by atoms with van der Waals surface area (Å²) in [5.41, 5.74) is -1.30. The molecule has 30 heavy (non-hydrogen) atoms. The highest BCUT2D eigenvalue weighted by Gasteiger charge is 2.63. The van der Waals surface area contributed by atoms with Gasteiger partial charge in [0.1, 0.15) is 11.2 Å². The van der Waals surface area contributed by atoms with E-state index in [1.165, 1.54) is 19.3 Å². The Hall–Kier alpha value is -0.120. The highest BCUT2D eigenvalue weighted by molar-refractivity contribution is 5.14. The van der Waals surface area contributed by atoms with Crippen LogP contribution in [0.4, 0.5) is 0 Å². The van der Waals surface area contributed by atoms with Gasteiger partial charge in [-0.2, -0.15) is 0 Å². The van der Waals surface area contributed by atoms with Crippen LogP contribution in [-0.2, 0) is 14.2 Å². The van der Waals surface area contributed by atoms with E-state index in [-0.39, 0.29) is 16.8 Å². The van der Waals surface area contributed by atoms with E-state index >= 15 is 0 Å². The molecule has 0 fully saturated rings. The van der Waals surface area contributed by atoms with Crippen LogP contribution in [0.25, 0.3) is 0 Å². The maximum atomic E-state index is 7.43. The number of hydrogen-bond donors (Lipinski definition) is 0. The molecule has 0 aliphatic rings. The van der Waals surface area contributed by atoms with Crippen molar-refractivity contribution in [1.29, 1.82) is 0 Å². The minimum Gasteiger partial charge on any atom is -0.372 e. The molecule has 0 aromatic carbocycles. The summed E-state index contributed by atoms with van der Waals surface area (Å²) >= 11 is 0. The van der Waals surface area contributed by atoms with Crippen LogP contribution in [0.15, 0.2) is 0 Å². The van der Waals surface area contributed by atoms with E-state index in [2.05, 4.69) is 69.2 Å². The van der Waals surface area contributed by atoms with Crippen molar-refractivity contribution in [2.45, 2.75) is 162 Å². The molecule has 182 valence electrons. The Balaban J connectivity index is 6.67. The maximum absolute atomic E-state index is 7.43. The van der Waals surface area contributed by atoms with E-state index in [1.807, 2.05) is 0 Å². The van der Waals surface area contributed by atoms with E-state index < -0.39 is 5.60 Å². The first kappa shape index (κ1) is 29.9. The van der Waals surface area contributed by atoms with Gasteiger partial charge in [0, 0.05) is 13.2 Å². The normalized spacial score (nSPS) is 15.4. The second-order valence-electron chi connectivity index (χ2n) is 8.90. The Labute approximate surface area is 190 Å². The van der Waals surface area contributed by atoms with Crippen LogP contribution in [0.1, 0.15) is 140 Å². The fraction of sp³-hybridized carbons (Fsp3) is 1.00. The molecule has 1 atom stereocenters. The maximum Gasteiger partial charge on any atom is 0.125 e. The third-order valence-corrected chi connectivity index (χ3v) is 8.00. The molecule has 0 saturated carbocycles. The van der Waals surface area contributed by atoms with Crippen LogP contribution >= 0.6 is 0 Å². The first-order valence-corrected chi connectivity index (χ1v) is 13.3. The highest BCUT2D eigenvalue weighted by Crippen LogP contribution is 2.53. The molecule has 0 aromatic heterocycles. The average molecular weight is 429 g/mol. The predicted molar refractivity (Wildman–Crippen MR) is 131 cm³/mol. The van der Waals surface area contributed by atoms with Gasteiger partial charge in [0.25, 0.3) is 0 Å². The van der Waals surface area contributed by atoms with Gasteiger partial charge in [-0.15, -0.1) is 0 Å². The minimum atomic E-state index is -0.474. The standard InChI is InChI=1S/C27H56O3/c1-11-21-22-23-24(12-2,13-3)30-26(16-6,17-7)27(18-8,29-20-10)25(14-4,15-5)28-19-9/h11-23H2,1-10H3. The molecule has 0 aromatic rings. The Kier molecular flexibility index (Phi) is 14.1. The smallest absolute Gasteiger partial charge is 0.125 e. The van der Waals surface area contributed by atoms with Crippen molar-refractivity contribution in [1.82, 2.24) is 0 Å². The third kappa shape index (κ3) is 5.81. The number of unbranched alkanes of at least 4 members (excludes halogenated alkanes) is 2. The van der Waals surface area contributed by atoms with Crippen LogP contribution in [0.2, 0.25) is 0 Å². The summed E-state index contributed by atoms with van der Waals surface area (Å²) in [5.74, 6) is 0. The summed E-state index contributed by atoms with van der Waals surface area (Å²) in [5, 5.41) is 0. The topological polar surface area (TPSA) is 27.7 Å². The molecule has 0 aliphatic heterocycles. The predicted octanol–water partition coefficient (Wildman–Crippen LogP) is 8.48. The molecule has 0 spiro atoms. The quantitative estimate of drug-likeness (QED) is 0.193. The Morgan fingerprint density at radius 3 is 1.33 bits per heavy atom. The fourth-order valence-electron chi connectivity index (χ4n) is 6.05. The molecule has 1 unspecified atom stereocenters. The van der Waals surface area contributed by atoms with Gasteiger partial charge in [-0.3, -0.25) is 0 Å². The van der Waals surface area contributed by atoms with Crippen LogP contribution < -0.4 is 0 Å². The van der Waals surface area contributed by atoms with Crippen LogP contribution in [0.3, 0.4) is 0 Å². The fourth-order valence-corrected chi connectivity index (χ4v) is 6.05. The summed E-state index contributed by atoms with van der Waals surface area (Å²) in [4.78, 5) is 0. The molecule has 0 amide bonds. The van der Waals surface area contributed by atoms with Crippen molar-refractivity contribution in [2.24, 2.45) is 0 Å². The van der Waals surface area contributed by atoms with Crippen LogP contribution in [0, 0.1) is 0 Å². The van der Waals surface area contributed by atoms with Gasteiger partial charge in [0.15, 0.2) is 0 Å². The SMILES string of the molecule is CCCCCC(CC)(CC)OC(CC)(CC)C(CC)(OCC)C(CC)(CC)OCC. The number of ether oxygens (including phenoxy) is 3. The van der Waals surface area contributed by atoms with Crippen molar-refractivity contribution in [3.63, 3.8) is 0 Å². The van der Waals surface area contributed by atoms with Gasteiger partial charge in [0.2, 0.25) is 0 Å². The Morgan fingerprint density at radius 2 is 1.00 bits per heavy atom. The molecular formula is C27H56O3. The van der Waals surface area contributed by atoms with Gasteiger partial charge in [-0.25, -0.2) is 0 Å². The molecule has 0 bridgehead atoms. The monoisotopic (exact) mass is 428 g/mol. The molecule has 3 heteroatoms. The summed E-state index contributed by atoms with van der Waals surface area (Å²) in [6, 6.07) is 0. The minimum absolute atomic E-state index is 0.0991. The van der Waals surface area contributed by atoms with Gasteiger partial charge in [0.05, 0.1) is 11.2 Å². The van der Waals surface area contributed by atoms with Crippen LogP contribution in [0.5, 0.6) is 0 Å². The van der Waals surface area contributed by atoms with E-state index in [0.717, 1.165) is 51.4 Å². The number of hydrogen-bond acceptors (Lipinski definition) is 3. The summed E-state index contributed by atoms with van der Waals surface area (Å²) < 4.78 is 20.9. The average Bonchev–Trinajstić information content (AvgIpc) is 2.79. The van der Waals surface area contributed by atoms with Crippen LogP contribution in [-0.4, -0.2) is 35.6 Å². The molecule has 3 nitrogen and oxygen atoms in total. The van der Waals surface area contributed by atoms with Gasteiger partial charge in [-0.1, -0.05) is 74.7 Å². The molecule has 0 heterocycles. The Bertz CT molecular complexity index is 422. The lowest BCUT2D eigenvalue weighted by Crippen LogP contribution is -2.71. The summed E-state index contributed by atoms with van der Waals surface area (Å²) in [6.07, 6.45) is 11.6. The summed E-state index contributed by atoms with van der Waals surface area (Å²) in [7, 11) is 0. The zero-order valence-corrected chi connectivity index (χ0v) is 22.4. The van der Waals surface area contributed by atoms with Crippen molar-refractivity contribution in [3.05, 3.63) is 0 Å². The molecular weight excluding hydrogens is 372 g/mol. The first-order chi connectivity index (χ1) is 14.3. The van der Waals surface area contributed by atoms with E-state index in [9.17, 15) is 0 Å². The summed E-state index contributed by atoms with van der Waals surface area (Å²) in [6.45, 7) is 23.8. The molecule has 0 saturated heterocycles. The van der Waals surface area contributed by atoms with Gasteiger partial charge < -0.3 is 14.2 Å². The number of rotatable bonds is 19. The zero-order chi connectivity index (χ0) is 23.3. The third-order valence-electron chi connectivity index (χ3n) is 8.00. The van der Waals surface area contributed by atoms with E-state index in [4.69, 9.17) is 14.2 Å². The van der Waals surface area contributed by atoms with Crippen molar-refractivity contribution in [2.75, 3.05) is 13.2 Å².